The molecule has 1 rings (SSSR count). The zero-order valence-corrected chi connectivity index (χ0v) is 9.75. The van der Waals surface area contributed by atoms with Crippen LogP contribution in [0.2, 0.25) is 0 Å². The van der Waals surface area contributed by atoms with Crippen molar-refractivity contribution in [3.8, 4) is 0 Å². The maximum absolute atomic E-state index is 12.3. The van der Waals surface area contributed by atoms with Gasteiger partial charge >= 0.3 is 6.18 Å². The lowest BCUT2D eigenvalue weighted by Gasteiger charge is -2.08. The van der Waals surface area contributed by atoms with Gasteiger partial charge in [0.15, 0.2) is 0 Å². The van der Waals surface area contributed by atoms with E-state index in [0.717, 1.165) is 24.3 Å². The molecule has 1 aromatic carbocycles. The summed E-state index contributed by atoms with van der Waals surface area (Å²) in [6, 6.07) is 3.75. The maximum Gasteiger partial charge on any atom is 0.416 e. The molecule has 4 nitrogen and oxygen atoms in total. The van der Waals surface area contributed by atoms with Crippen molar-refractivity contribution in [1.29, 1.82) is 0 Å². The molecule has 2 N–H and O–H groups in total. The minimum atomic E-state index is -4.45. The second-order valence-electron chi connectivity index (χ2n) is 3.58. The van der Waals surface area contributed by atoms with Gasteiger partial charge < -0.3 is 10.4 Å². The lowest BCUT2D eigenvalue weighted by atomic mass is 10.2. The van der Waals surface area contributed by atoms with Crippen molar-refractivity contribution in [3.63, 3.8) is 0 Å². The summed E-state index contributed by atoms with van der Waals surface area (Å²) in [6.07, 6.45) is -4.45. The molecular formula is C12H9F3N2O2. The van der Waals surface area contributed by atoms with Gasteiger partial charge in [0.2, 0.25) is 0 Å². The van der Waals surface area contributed by atoms with Crippen molar-refractivity contribution in [2.45, 2.75) is 13.1 Å². The van der Waals surface area contributed by atoms with Crippen LogP contribution in [0.4, 0.5) is 18.9 Å². The lowest BCUT2D eigenvalue weighted by Crippen LogP contribution is -2.14. The number of anilines is 1. The number of nitrogens with zero attached hydrogens (tertiary/aromatic N) is 1. The highest BCUT2D eigenvalue weighted by atomic mass is 19.4. The molecule has 0 aliphatic carbocycles. The Morgan fingerprint density at radius 1 is 1.32 bits per heavy atom. The monoisotopic (exact) mass is 270 g/mol. The normalized spacial score (nSPS) is 12.4. The lowest BCUT2D eigenvalue weighted by molar-refractivity contribution is -0.137. The number of hydrogen-bond acceptors (Lipinski definition) is 2. The van der Waals surface area contributed by atoms with Crippen LogP contribution in [0.15, 0.2) is 35.7 Å². The van der Waals surface area contributed by atoms with Crippen molar-refractivity contribution in [2.24, 2.45) is 0 Å². The quantitative estimate of drug-likeness (QED) is 0.492. The molecule has 0 radical (unpaired) electrons. The zero-order chi connectivity index (χ0) is 14.6. The average Bonchev–Trinajstić information content (AvgIpc) is 2.28. The van der Waals surface area contributed by atoms with Gasteiger partial charge in [0.05, 0.1) is 12.1 Å². The minimum absolute atomic E-state index is 0.0976. The second kappa shape index (κ2) is 5.44. The molecule has 7 heteroatoms. The van der Waals surface area contributed by atoms with E-state index >= 15 is 0 Å². The number of amides is 1. The summed E-state index contributed by atoms with van der Waals surface area (Å²) in [5.41, 5.74) is -1.26. The van der Waals surface area contributed by atoms with Crippen LogP contribution in [0.5, 0.6) is 0 Å². The predicted molar refractivity (Wildman–Crippen MR) is 62.0 cm³/mol. The largest absolute Gasteiger partial charge is 0.523 e. The first-order chi connectivity index (χ1) is 8.75. The number of halogens is 3. The molecule has 0 aliphatic rings. The molecule has 0 saturated heterocycles. The summed E-state index contributed by atoms with van der Waals surface area (Å²) in [5, 5.41) is 11.3. The Morgan fingerprint density at radius 3 is 2.21 bits per heavy atom. The van der Waals surface area contributed by atoms with E-state index in [0.29, 0.717) is 0 Å². The first kappa shape index (κ1) is 14.6. The number of rotatable bonds is 2. The first-order valence-corrected chi connectivity index (χ1v) is 5.01. The third-order valence-electron chi connectivity index (χ3n) is 2.14. The van der Waals surface area contributed by atoms with Gasteiger partial charge in [0, 0.05) is 5.69 Å². The average molecular weight is 270 g/mol. The van der Waals surface area contributed by atoms with Crippen molar-refractivity contribution in [2.75, 3.05) is 5.32 Å². The smallest absolute Gasteiger partial charge is 0.416 e. The predicted octanol–water partition coefficient (Wildman–Crippen LogP) is 3.35. The van der Waals surface area contributed by atoms with Gasteiger partial charge in [-0.05, 0) is 31.2 Å². The van der Waals surface area contributed by atoms with Crippen molar-refractivity contribution in [3.05, 3.63) is 52.7 Å². The van der Waals surface area contributed by atoms with E-state index in [1.54, 1.807) is 0 Å². The summed E-state index contributed by atoms with van der Waals surface area (Å²) in [5.74, 6) is -1.34. The van der Waals surface area contributed by atoms with Gasteiger partial charge in [0.25, 0.3) is 11.6 Å². The van der Waals surface area contributed by atoms with Gasteiger partial charge in [-0.25, -0.2) is 4.85 Å². The summed E-state index contributed by atoms with van der Waals surface area (Å²) in [6.45, 7) is 7.87. The number of carbonyl (C=O) groups excluding carboxylic acids is 1. The number of carbonyl (C=O) groups is 1. The van der Waals surface area contributed by atoms with E-state index in [9.17, 15) is 18.0 Å². The molecule has 0 fully saturated rings. The van der Waals surface area contributed by atoms with E-state index < -0.39 is 29.1 Å². The van der Waals surface area contributed by atoms with Crippen LogP contribution in [0.3, 0.4) is 0 Å². The van der Waals surface area contributed by atoms with Crippen LogP contribution < -0.4 is 5.32 Å². The Hall–Kier alpha value is -2.49. The molecule has 1 aromatic rings. The highest BCUT2D eigenvalue weighted by molar-refractivity contribution is 6.05. The van der Waals surface area contributed by atoms with Crippen LogP contribution >= 0.6 is 0 Å². The third-order valence-corrected chi connectivity index (χ3v) is 2.14. The van der Waals surface area contributed by atoms with Crippen LogP contribution in [0, 0.1) is 6.57 Å². The maximum atomic E-state index is 12.3. The second-order valence-corrected chi connectivity index (χ2v) is 3.58. The zero-order valence-electron chi connectivity index (χ0n) is 9.75. The molecule has 0 saturated carbocycles. The molecule has 0 aromatic heterocycles. The minimum Gasteiger partial charge on any atom is -0.523 e. The number of benzene rings is 1. The Labute approximate surface area is 107 Å². The summed E-state index contributed by atoms with van der Waals surface area (Å²) >= 11 is 0. The highest BCUT2D eigenvalue weighted by Gasteiger charge is 2.30. The third kappa shape index (κ3) is 3.74. The Kier molecular flexibility index (Phi) is 4.17. The first-order valence-electron chi connectivity index (χ1n) is 5.01. The number of hydrogen-bond donors (Lipinski definition) is 2. The highest BCUT2D eigenvalue weighted by Crippen LogP contribution is 2.29. The topological polar surface area (TPSA) is 53.7 Å². The molecule has 0 atom stereocenters. The Morgan fingerprint density at radius 2 is 1.84 bits per heavy atom. The fourth-order valence-corrected chi connectivity index (χ4v) is 1.23. The standard InChI is InChI=1S/C12H9F3N2O2/c1-7(18)10(16-2)11(19)17-9-5-3-8(4-6-9)12(13,14)15/h3-6,18H,1H3,(H,17,19). The Bertz CT molecular complexity index is 550. The fourth-order valence-electron chi connectivity index (χ4n) is 1.23. The van der Waals surface area contributed by atoms with E-state index in [4.69, 9.17) is 11.7 Å². The van der Waals surface area contributed by atoms with Crippen LogP contribution in [0.1, 0.15) is 12.5 Å². The fraction of sp³-hybridized carbons (Fsp3) is 0.167. The number of alkyl halides is 3. The SMILES string of the molecule is [C-]#[N+]C(C(=O)Nc1ccc(C(F)(F)F)cc1)=C(C)O. The summed E-state index contributed by atoms with van der Waals surface area (Å²) < 4.78 is 36.9. The van der Waals surface area contributed by atoms with E-state index in [1.165, 1.54) is 6.92 Å². The van der Waals surface area contributed by atoms with Crippen molar-refractivity contribution in [1.82, 2.24) is 0 Å². The van der Waals surface area contributed by atoms with Gasteiger partial charge in [0.1, 0.15) is 5.76 Å². The van der Waals surface area contributed by atoms with E-state index in [1.807, 2.05) is 0 Å². The van der Waals surface area contributed by atoms with Crippen molar-refractivity contribution >= 4 is 11.6 Å². The van der Waals surface area contributed by atoms with Crippen LogP contribution in [-0.2, 0) is 11.0 Å². The van der Waals surface area contributed by atoms with Crippen molar-refractivity contribution < 1.29 is 23.1 Å². The molecule has 0 aliphatic heterocycles. The Balaban J connectivity index is 2.89. The van der Waals surface area contributed by atoms with Gasteiger partial charge in [-0.1, -0.05) is 0 Å². The van der Waals surface area contributed by atoms with Crippen LogP contribution in [0.25, 0.3) is 4.85 Å². The molecule has 100 valence electrons. The van der Waals surface area contributed by atoms with E-state index in [-0.39, 0.29) is 5.69 Å². The summed E-state index contributed by atoms with van der Waals surface area (Å²) in [4.78, 5) is 14.3. The number of aliphatic hydroxyl groups is 1. The molecule has 0 heterocycles. The van der Waals surface area contributed by atoms with Gasteiger partial charge in [-0.15, -0.1) is 0 Å². The molecule has 1 amide bonds. The molecule has 0 spiro atoms. The summed E-state index contributed by atoms with van der Waals surface area (Å²) in [7, 11) is 0. The van der Waals surface area contributed by atoms with Gasteiger partial charge in [-0.2, -0.15) is 13.2 Å². The number of aliphatic hydroxyl groups excluding tert-OH is 1. The molecular weight excluding hydrogens is 261 g/mol. The molecule has 0 unspecified atom stereocenters. The van der Waals surface area contributed by atoms with E-state index in [2.05, 4.69) is 10.2 Å². The number of nitrogens with one attached hydrogen (secondary N) is 1. The molecule has 0 bridgehead atoms. The molecule has 19 heavy (non-hydrogen) atoms. The van der Waals surface area contributed by atoms with Gasteiger partial charge in [-0.3, -0.25) is 4.79 Å². The van der Waals surface area contributed by atoms with Crippen LogP contribution in [-0.4, -0.2) is 11.0 Å². The number of allylic oxidation sites excluding steroid dienone is 1.